The Bertz CT molecular complexity index is 727. The molecule has 2 unspecified atom stereocenters. The lowest BCUT2D eigenvalue weighted by Gasteiger charge is -2.35. The van der Waals surface area contributed by atoms with Crippen LogP contribution in [0.25, 0.3) is 0 Å². The highest BCUT2D eigenvalue weighted by Crippen LogP contribution is 2.29. The molecule has 0 aromatic heterocycles. The molecule has 3 heterocycles. The molecule has 4 rings (SSSR count). The average Bonchev–Trinajstić information content (AvgIpc) is 3.38. The highest BCUT2D eigenvalue weighted by Gasteiger charge is 2.30. The van der Waals surface area contributed by atoms with E-state index in [0.29, 0.717) is 24.2 Å². The third-order valence-electron chi connectivity index (χ3n) is 5.21. The van der Waals surface area contributed by atoms with Crippen molar-refractivity contribution in [1.29, 1.82) is 0 Å². The van der Waals surface area contributed by atoms with Gasteiger partial charge in [-0.1, -0.05) is 0 Å². The number of benzene rings is 1. The number of carbonyl (C=O) groups excluding carboxylic acids is 2. The van der Waals surface area contributed by atoms with E-state index in [1.54, 1.807) is 12.1 Å². The van der Waals surface area contributed by atoms with E-state index in [1.165, 1.54) is 7.11 Å². The van der Waals surface area contributed by atoms with E-state index in [9.17, 15) is 9.59 Å². The Labute approximate surface area is 157 Å². The van der Waals surface area contributed by atoms with E-state index >= 15 is 0 Å². The van der Waals surface area contributed by atoms with Gasteiger partial charge in [-0.2, -0.15) is 0 Å². The highest BCUT2D eigenvalue weighted by molar-refractivity contribution is 6.03. The number of ether oxygens (including phenoxy) is 1. The molecule has 0 saturated carbocycles. The summed E-state index contributed by atoms with van der Waals surface area (Å²) < 4.78 is 4.86. The first kappa shape index (κ1) is 18.1. The summed E-state index contributed by atoms with van der Waals surface area (Å²) in [7, 11) is 1.33. The van der Waals surface area contributed by atoms with Crippen LogP contribution >= 0.6 is 0 Å². The number of amides is 1. The van der Waals surface area contributed by atoms with Gasteiger partial charge in [-0.25, -0.2) is 21.1 Å². The fourth-order valence-electron chi connectivity index (χ4n) is 3.67. The topological polar surface area (TPSA) is 119 Å². The molecule has 2 saturated heterocycles. The molecule has 1 aromatic carbocycles. The third-order valence-corrected chi connectivity index (χ3v) is 5.21. The van der Waals surface area contributed by atoms with E-state index < -0.39 is 5.97 Å². The lowest BCUT2D eigenvalue weighted by molar-refractivity contribution is -0.119. The van der Waals surface area contributed by atoms with Gasteiger partial charge >= 0.3 is 5.97 Å². The van der Waals surface area contributed by atoms with E-state index in [0.717, 1.165) is 37.4 Å². The molecule has 10 heteroatoms. The summed E-state index contributed by atoms with van der Waals surface area (Å²) in [6, 6.07) is 3.13. The zero-order chi connectivity index (χ0) is 18.8. The number of hydrogen-bond acceptors (Lipinski definition) is 9. The molecular formula is C17H25N7O3. The third kappa shape index (κ3) is 3.75. The van der Waals surface area contributed by atoms with Crippen molar-refractivity contribution in [1.82, 2.24) is 26.5 Å². The van der Waals surface area contributed by atoms with E-state index in [1.807, 2.05) is 0 Å². The van der Waals surface area contributed by atoms with Crippen LogP contribution in [0.4, 0.5) is 11.4 Å². The maximum absolute atomic E-state index is 12.7. The lowest BCUT2D eigenvalue weighted by atomic mass is 10.0. The van der Waals surface area contributed by atoms with Crippen LogP contribution in [0.15, 0.2) is 12.1 Å². The fourth-order valence-corrected chi connectivity index (χ4v) is 3.67. The van der Waals surface area contributed by atoms with Crippen LogP contribution in [-0.2, 0) is 16.1 Å². The van der Waals surface area contributed by atoms with E-state index in [4.69, 9.17) is 4.74 Å². The summed E-state index contributed by atoms with van der Waals surface area (Å²) in [5, 5.41) is 6.19. The van der Waals surface area contributed by atoms with Gasteiger partial charge in [0.15, 0.2) is 0 Å². The Morgan fingerprint density at radius 3 is 2.85 bits per heavy atom. The summed E-state index contributed by atoms with van der Waals surface area (Å²) in [6.45, 7) is 3.46. The van der Waals surface area contributed by atoms with Crippen molar-refractivity contribution in [3.63, 3.8) is 0 Å². The number of esters is 1. The van der Waals surface area contributed by atoms with Crippen molar-refractivity contribution in [3.8, 4) is 0 Å². The summed E-state index contributed by atoms with van der Waals surface area (Å²) in [5.74, 6) is -0.664. The molecule has 146 valence electrons. The van der Waals surface area contributed by atoms with Crippen molar-refractivity contribution in [2.75, 3.05) is 37.6 Å². The number of carbonyl (C=O) groups is 2. The summed E-state index contributed by atoms with van der Waals surface area (Å²) in [5.41, 5.74) is 14.9. The molecule has 0 bridgehead atoms. The smallest absolute Gasteiger partial charge is 0.340 e. The van der Waals surface area contributed by atoms with Crippen molar-refractivity contribution in [3.05, 3.63) is 23.3 Å². The first-order chi connectivity index (χ1) is 13.2. The molecule has 1 aromatic rings. The number of methoxy groups -OCH3 is 1. The summed E-state index contributed by atoms with van der Waals surface area (Å²) in [6.07, 6.45) is 1.79. The molecule has 10 nitrogen and oxygen atoms in total. The number of hydrogen-bond donors (Lipinski definition) is 6. The van der Waals surface area contributed by atoms with Crippen molar-refractivity contribution in [2.24, 2.45) is 0 Å². The summed E-state index contributed by atoms with van der Waals surface area (Å²) in [4.78, 5) is 27.2. The zero-order valence-electron chi connectivity index (χ0n) is 15.2. The predicted octanol–water partition coefficient (Wildman–Crippen LogP) is -0.713. The second-order valence-corrected chi connectivity index (χ2v) is 6.92. The Kier molecular flexibility index (Phi) is 5.23. The van der Waals surface area contributed by atoms with E-state index in [-0.39, 0.29) is 18.1 Å². The zero-order valence-corrected chi connectivity index (χ0v) is 15.2. The first-order valence-corrected chi connectivity index (χ1v) is 9.16. The number of anilines is 2. The van der Waals surface area contributed by atoms with Gasteiger partial charge in [0.05, 0.1) is 30.2 Å². The molecule has 3 aliphatic heterocycles. The van der Waals surface area contributed by atoms with Crippen LogP contribution in [-0.4, -0.2) is 55.9 Å². The predicted molar refractivity (Wildman–Crippen MR) is 99.5 cm³/mol. The van der Waals surface area contributed by atoms with Crippen LogP contribution in [0.2, 0.25) is 0 Å². The number of nitrogens with one attached hydrogen (secondary N) is 6. The van der Waals surface area contributed by atoms with Gasteiger partial charge in [0.1, 0.15) is 6.04 Å². The Hall–Kier alpha value is -2.24. The Balaban J connectivity index is 1.43. The van der Waals surface area contributed by atoms with Crippen LogP contribution in [0.3, 0.4) is 0 Å². The summed E-state index contributed by atoms with van der Waals surface area (Å²) >= 11 is 0. The second kappa shape index (κ2) is 7.79. The highest BCUT2D eigenvalue weighted by atomic mass is 16.5. The molecule has 2 fully saturated rings. The number of fused-ring (bicyclic) bond motifs is 1. The van der Waals surface area contributed by atoms with Gasteiger partial charge in [-0.05, 0) is 30.5 Å². The van der Waals surface area contributed by atoms with Gasteiger partial charge in [-0.15, -0.1) is 0 Å². The molecule has 1 amide bonds. The molecule has 3 aliphatic rings. The molecule has 0 radical (unpaired) electrons. The molecule has 6 N–H and O–H groups in total. The van der Waals surface area contributed by atoms with Gasteiger partial charge in [0.2, 0.25) is 5.91 Å². The standard InChI is InChI=1S/C17H25N7O3/c1-27-17(26)11-7-13-10(8-19-21-13)6-14(11)20-16(25)12-2-3-15(23-22-12)24-5-4-18-9-24/h6-7,12,15,18-19,21-23H,2-5,8-9H2,1H3,(H,20,25). The molecular weight excluding hydrogens is 350 g/mol. The molecule has 0 aliphatic carbocycles. The minimum absolute atomic E-state index is 0.176. The molecule has 0 spiro atoms. The first-order valence-electron chi connectivity index (χ1n) is 9.16. The van der Waals surface area contributed by atoms with Gasteiger partial charge in [0.25, 0.3) is 0 Å². The van der Waals surface area contributed by atoms with Gasteiger partial charge in [-0.3, -0.25) is 9.69 Å². The Morgan fingerprint density at radius 1 is 1.26 bits per heavy atom. The largest absolute Gasteiger partial charge is 0.465 e. The van der Waals surface area contributed by atoms with Gasteiger partial charge in [0, 0.05) is 26.3 Å². The van der Waals surface area contributed by atoms with Crippen molar-refractivity contribution in [2.45, 2.75) is 31.6 Å². The second-order valence-electron chi connectivity index (χ2n) is 6.92. The monoisotopic (exact) mass is 375 g/mol. The van der Waals surface area contributed by atoms with Crippen LogP contribution in [0.1, 0.15) is 28.8 Å². The Morgan fingerprint density at radius 2 is 2.15 bits per heavy atom. The average molecular weight is 375 g/mol. The number of nitrogens with zero attached hydrogens (tertiary/aromatic N) is 1. The quantitative estimate of drug-likeness (QED) is 0.379. The van der Waals surface area contributed by atoms with Crippen LogP contribution < -0.4 is 32.3 Å². The van der Waals surface area contributed by atoms with E-state index in [2.05, 4.69) is 37.2 Å². The van der Waals surface area contributed by atoms with Crippen LogP contribution in [0.5, 0.6) is 0 Å². The maximum atomic E-state index is 12.7. The minimum Gasteiger partial charge on any atom is -0.465 e. The number of rotatable bonds is 4. The van der Waals surface area contributed by atoms with Crippen LogP contribution in [0, 0.1) is 0 Å². The molecule has 2 atom stereocenters. The van der Waals surface area contributed by atoms with Crippen molar-refractivity contribution >= 4 is 23.3 Å². The number of hydrazine groups is 2. The SMILES string of the molecule is COC(=O)c1cc2c(cc1NC(=O)C1CCC(N3CCNC3)NN1)CNN2. The molecule has 27 heavy (non-hydrogen) atoms. The minimum atomic E-state index is -0.488. The lowest BCUT2D eigenvalue weighted by Crippen LogP contribution is -2.60. The van der Waals surface area contributed by atoms with Gasteiger partial charge < -0.3 is 20.8 Å². The van der Waals surface area contributed by atoms with Crippen molar-refractivity contribution < 1.29 is 14.3 Å². The maximum Gasteiger partial charge on any atom is 0.340 e. The fraction of sp³-hybridized carbons (Fsp3) is 0.529. The normalized spacial score (nSPS) is 24.9.